The van der Waals surface area contributed by atoms with Crippen LogP contribution in [0.25, 0.3) is 0 Å². The van der Waals surface area contributed by atoms with Gasteiger partial charge >= 0.3 is 0 Å². The van der Waals surface area contributed by atoms with Crippen molar-refractivity contribution in [1.29, 1.82) is 0 Å². The molecule has 1 saturated carbocycles. The van der Waals surface area contributed by atoms with Crippen LogP contribution in [0.4, 0.5) is 0 Å². The zero-order chi connectivity index (χ0) is 14.0. The maximum Gasteiger partial charge on any atom is 0.0410 e. The Morgan fingerprint density at radius 2 is 1.63 bits per heavy atom. The van der Waals surface area contributed by atoms with E-state index in [9.17, 15) is 0 Å². The molecule has 1 unspecified atom stereocenters. The highest BCUT2D eigenvalue weighted by Crippen LogP contribution is 2.51. The first-order valence-corrected chi connectivity index (χ1v) is 7.46. The third-order valence-electron chi connectivity index (χ3n) is 4.77. The molecular weight excluding hydrogens is 232 g/mol. The fraction of sp³-hybridized carbons (Fsp3) is 0.647. The number of nitrogens with two attached hydrogens (primary N) is 1. The first-order valence-electron chi connectivity index (χ1n) is 7.46. The van der Waals surface area contributed by atoms with Crippen LogP contribution >= 0.6 is 0 Å². The summed E-state index contributed by atoms with van der Waals surface area (Å²) in [6, 6.07) is 9.61. The number of hydrogen-bond donors (Lipinski definition) is 1. The topological polar surface area (TPSA) is 29.3 Å². The summed E-state index contributed by atoms with van der Waals surface area (Å²) in [5.41, 5.74) is 9.22. The van der Waals surface area contributed by atoms with Gasteiger partial charge in [-0.3, -0.25) is 0 Å². The molecule has 1 aromatic carbocycles. The van der Waals surface area contributed by atoms with Crippen LogP contribution in [0.5, 0.6) is 0 Å². The predicted octanol–water partition coefficient (Wildman–Crippen LogP) is 3.54. The van der Waals surface area contributed by atoms with Crippen molar-refractivity contribution in [2.24, 2.45) is 11.1 Å². The van der Waals surface area contributed by atoms with Gasteiger partial charge in [0.05, 0.1) is 0 Å². The van der Waals surface area contributed by atoms with Gasteiger partial charge in [-0.2, -0.15) is 0 Å². The van der Waals surface area contributed by atoms with Crippen LogP contribution in [0.15, 0.2) is 24.3 Å². The number of rotatable bonds is 5. The third kappa shape index (κ3) is 2.70. The lowest BCUT2D eigenvalue weighted by atomic mass is 9.62. The molecule has 1 aromatic rings. The molecule has 0 aromatic heterocycles. The van der Waals surface area contributed by atoms with Gasteiger partial charge in [0.25, 0.3) is 0 Å². The van der Waals surface area contributed by atoms with Crippen molar-refractivity contribution in [2.45, 2.75) is 45.1 Å². The minimum Gasteiger partial charge on any atom is -0.330 e. The van der Waals surface area contributed by atoms with E-state index in [4.69, 9.17) is 5.73 Å². The molecular formula is C17H28N2. The summed E-state index contributed by atoms with van der Waals surface area (Å²) >= 11 is 0. The maximum atomic E-state index is 6.10. The Hall–Kier alpha value is -0.860. The van der Waals surface area contributed by atoms with E-state index in [1.54, 1.807) is 0 Å². The second-order valence-electron chi connectivity index (χ2n) is 6.61. The summed E-state index contributed by atoms with van der Waals surface area (Å²) in [4.78, 5) is 2.34. The molecule has 0 spiro atoms. The molecule has 0 amide bonds. The van der Waals surface area contributed by atoms with Crippen LogP contribution in [0.2, 0.25) is 0 Å². The molecule has 0 aliphatic heterocycles. The lowest BCUT2D eigenvalue weighted by Gasteiger charge is -2.50. The largest absolute Gasteiger partial charge is 0.330 e. The normalized spacial score (nSPS) is 19.5. The van der Waals surface area contributed by atoms with Gasteiger partial charge in [0, 0.05) is 11.5 Å². The van der Waals surface area contributed by atoms with Gasteiger partial charge in [0.15, 0.2) is 0 Å². The van der Waals surface area contributed by atoms with Crippen LogP contribution in [0, 0.1) is 5.41 Å². The van der Waals surface area contributed by atoms with Gasteiger partial charge in [0.1, 0.15) is 0 Å². The van der Waals surface area contributed by atoms with Crippen molar-refractivity contribution in [3.63, 3.8) is 0 Å². The molecule has 2 heteroatoms. The highest BCUT2D eigenvalue weighted by molar-refractivity contribution is 5.29. The number of nitrogens with zero attached hydrogens (tertiary/aromatic N) is 1. The molecule has 0 saturated heterocycles. The van der Waals surface area contributed by atoms with E-state index in [0.717, 1.165) is 6.54 Å². The molecule has 2 nitrogen and oxygen atoms in total. The predicted molar refractivity (Wildman–Crippen MR) is 82.3 cm³/mol. The Morgan fingerprint density at radius 3 is 1.95 bits per heavy atom. The molecule has 0 heterocycles. The first-order chi connectivity index (χ1) is 9.00. The quantitative estimate of drug-likeness (QED) is 0.877. The highest BCUT2D eigenvalue weighted by atomic mass is 15.1. The summed E-state index contributed by atoms with van der Waals surface area (Å²) in [5.74, 6) is 0.596. The Balaban J connectivity index is 2.29. The molecule has 1 fully saturated rings. The standard InChI is InChI=1S/C17H28N2/c1-13(2)14-6-8-15(9-7-14)16(19(3)4)17(12-18)10-5-11-17/h6-9,13,16H,5,10-12,18H2,1-4H3. The van der Waals surface area contributed by atoms with Crippen LogP contribution in [-0.4, -0.2) is 25.5 Å². The van der Waals surface area contributed by atoms with Gasteiger partial charge in [-0.15, -0.1) is 0 Å². The highest BCUT2D eigenvalue weighted by Gasteiger charge is 2.44. The molecule has 1 aliphatic carbocycles. The molecule has 2 N–H and O–H groups in total. The maximum absolute atomic E-state index is 6.10. The summed E-state index contributed by atoms with van der Waals surface area (Å²) in [7, 11) is 4.35. The van der Waals surface area contributed by atoms with Gasteiger partial charge in [-0.25, -0.2) is 0 Å². The number of benzene rings is 1. The van der Waals surface area contributed by atoms with E-state index in [0.29, 0.717) is 17.4 Å². The summed E-state index contributed by atoms with van der Waals surface area (Å²) in [6.45, 7) is 5.28. The minimum absolute atomic E-state index is 0.294. The Bertz CT molecular complexity index is 396. The Morgan fingerprint density at radius 1 is 1.11 bits per heavy atom. The summed E-state index contributed by atoms with van der Waals surface area (Å²) in [5, 5.41) is 0. The monoisotopic (exact) mass is 260 g/mol. The smallest absolute Gasteiger partial charge is 0.0410 e. The van der Waals surface area contributed by atoms with Crippen LogP contribution in [0.3, 0.4) is 0 Å². The molecule has 0 bridgehead atoms. The van der Waals surface area contributed by atoms with E-state index >= 15 is 0 Å². The fourth-order valence-corrected chi connectivity index (χ4v) is 3.48. The Labute approximate surface area is 118 Å². The molecule has 106 valence electrons. The SMILES string of the molecule is CC(C)c1ccc(C(N(C)C)C2(CN)CCC2)cc1. The van der Waals surface area contributed by atoms with Crippen molar-refractivity contribution < 1.29 is 0 Å². The van der Waals surface area contributed by atoms with Crippen molar-refractivity contribution in [3.05, 3.63) is 35.4 Å². The minimum atomic E-state index is 0.294. The lowest BCUT2D eigenvalue weighted by molar-refractivity contribution is 0.0282. The van der Waals surface area contributed by atoms with Gasteiger partial charge < -0.3 is 10.6 Å². The zero-order valence-corrected chi connectivity index (χ0v) is 12.8. The molecule has 1 atom stereocenters. The number of hydrogen-bond acceptors (Lipinski definition) is 2. The van der Waals surface area contributed by atoms with Crippen LogP contribution < -0.4 is 5.73 Å². The van der Waals surface area contributed by atoms with Crippen molar-refractivity contribution >= 4 is 0 Å². The molecule has 1 aliphatic rings. The summed E-state index contributed by atoms with van der Waals surface area (Å²) in [6.07, 6.45) is 3.85. The van der Waals surface area contributed by atoms with E-state index in [1.807, 2.05) is 0 Å². The molecule has 0 radical (unpaired) electrons. The third-order valence-corrected chi connectivity index (χ3v) is 4.77. The molecule has 2 rings (SSSR count). The van der Waals surface area contributed by atoms with Crippen LogP contribution in [-0.2, 0) is 0 Å². The Kier molecular flexibility index (Phi) is 4.32. The second-order valence-corrected chi connectivity index (χ2v) is 6.61. The van der Waals surface area contributed by atoms with E-state index in [1.165, 1.54) is 30.4 Å². The molecule has 19 heavy (non-hydrogen) atoms. The lowest BCUT2D eigenvalue weighted by Crippen LogP contribution is -2.47. The van der Waals surface area contributed by atoms with Gasteiger partial charge in [0.2, 0.25) is 0 Å². The van der Waals surface area contributed by atoms with E-state index in [2.05, 4.69) is 57.1 Å². The van der Waals surface area contributed by atoms with Crippen molar-refractivity contribution in [1.82, 2.24) is 4.90 Å². The second kappa shape index (κ2) is 5.64. The van der Waals surface area contributed by atoms with Crippen molar-refractivity contribution in [3.8, 4) is 0 Å². The van der Waals surface area contributed by atoms with E-state index < -0.39 is 0 Å². The average Bonchev–Trinajstić information content (AvgIpc) is 2.33. The first kappa shape index (κ1) is 14.5. The zero-order valence-electron chi connectivity index (χ0n) is 12.8. The van der Waals surface area contributed by atoms with Gasteiger partial charge in [-0.1, -0.05) is 44.5 Å². The fourth-order valence-electron chi connectivity index (χ4n) is 3.48. The van der Waals surface area contributed by atoms with Gasteiger partial charge in [-0.05, 0) is 50.5 Å². The van der Waals surface area contributed by atoms with Crippen LogP contribution in [0.1, 0.15) is 56.2 Å². The van der Waals surface area contributed by atoms with E-state index in [-0.39, 0.29) is 0 Å². The van der Waals surface area contributed by atoms with Crippen molar-refractivity contribution in [2.75, 3.05) is 20.6 Å². The summed E-state index contributed by atoms with van der Waals surface area (Å²) < 4.78 is 0. The average molecular weight is 260 g/mol.